The molecule has 1 heterocycles. The number of hydrogen-bond acceptors (Lipinski definition) is 2. The molecule has 0 spiro atoms. The van der Waals surface area contributed by atoms with Crippen molar-refractivity contribution in [3.05, 3.63) is 34.6 Å². The molecule has 6 heteroatoms. The van der Waals surface area contributed by atoms with Crippen LogP contribution in [0.4, 0.5) is 4.39 Å². The number of likely N-dealkylation sites (tertiary alicyclic amines) is 1. The molecule has 1 atom stereocenters. The summed E-state index contributed by atoms with van der Waals surface area (Å²) in [7, 11) is 1.88. The highest BCUT2D eigenvalue weighted by Crippen LogP contribution is 2.18. The Hall–Kier alpha value is -0.840. The first-order valence-corrected chi connectivity index (χ1v) is 6.41. The molecule has 1 saturated heterocycles. The fourth-order valence-corrected chi connectivity index (χ4v) is 2.39. The summed E-state index contributed by atoms with van der Waals surface area (Å²) in [5.41, 5.74) is 0.0937. The predicted molar refractivity (Wildman–Crippen MR) is 76.6 cm³/mol. The molecule has 0 aliphatic carbocycles. The first-order valence-electron chi connectivity index (χ1n) is 6.03. The van der Waals surface area contributed by atoms with Crippen molar-refractivity contribution in [3.63, 3.8) is 0 Å². The molecule has 1 aromatic rings. The summed E-state index contributed by atoms with van der Waals surface area (Å²) in [5.74, 6) is -0.816. The zero-order chi connectivity index (χ0) is 13.1. The lowest BCUT2D eigenvalue weighted by Gasteiger charge is -2.32. The molecule has 1 aromatic carbocycles. The summed E-state index contributed by atoms with van der Waals surface area (Å²) in [4.78, 5) is 13.9. The van der Waals surface area contributed by atoms with E-state index in [0.717, 1.165) is 12.8 Å². The Morgan fingerprint density at radius 1 is 1.53 bits per heavy atom. The second-order valence-electron chi connectivity index (χ2n) is 4.50. The summed E-state index contributed by atoms with van der Waals surface area (Å²) < 4.78 is 13.7. The largest absolute Gasteiger partial charge is 0.337 e. The third-order valence-electron chi connectivity index (χ3n) is 3.28. The highest BCUT2D eigenvalue weighted by Gasteiger charge is 2.25. The van der Waals surface area contributed by atoms with E-state index < -0.39 is 5.82 Å². The van der Waals surface area contributed by atoms with Gasteiger partial charge in [0.2, 0.25) is 0 Å². The van der Waals surface area contributed by atoms with Gasteiger partial charge in [-0.25, -0.2) is 4.39 Å². The number of rotatable bonds is 2. The topological polar surface area (TPSA) is 32.3 Å². The average Bonchev–Trinajstić information content (AvgIpc) is 2.38. The molecule has 2 rings (SSSR count). The summed E-state index contributed by atoms with van der Waals surface area (Å²) >= 11 is 5.68. The van der Waals surface area contributed by atoms with Crippen molar-refractivity contribution in [1.29, 1.82) is 0 Å². The normalized spacial score (nSPS) is 18.9. The van der Waals surface area contributed by atoms with Crippen LogP contribution in [-0.2, 0) is 0 Å². The van der Waals surface area contributed by atoms with Crippen LogP contribution < -0.4 is 5.32 Å². The highest BCUT2D eigenvalue weighted by atomic mass is 35.5. The van der Waals surface area contributed by atoms with Crippen LogP contribution >= 0.6 is 24.0 Å². The molecule has 1 fully saturated rings. The van der Waals surface area contributed by atoms with Crippen molar-refractivity contribution >= 4 is 29.9 Å². The Morgan fingerprint density at radius 2 is 2.26 bits per heavy atom. The van der Waals surface area contributed by atoms with Crippen LogP contribution in [0.5, 0.6) is 0 Å². The molecular weight excluding hydrogens is 290 g/mol. The van der Waals surface area contributed by atoms with Crippen molar-refractivity contribution in [1.82, 2.24) is 10.2 Å². The Kier molecular flexibility index (Phi) is 6.04. The average molecular weight is 307 g/mol. The number of carbonyl (C=O) groups excluding carboxylic acids is 1. The maximum Gasteiger partial charge on any atom is 0.256 e. The zero-order valence-electron chi connectivity index (χ0n) is 10.7. The Labute approximate surface area is 123 Å². The Morgan fingerprint density at radius 3 is 2.89 bits per heavy atom. The number of nitrogens with zero attached hydrogens (tertiary/aromatic N) is 1. The second-order valence-corrected chi connectivity index (χ2v) is 4.94. The van der Waals surface area contributed by atoms with E-state index in [1.165, 1.54) is 18.2 Å². The van der Waals surface area contributed by atoms with Gasteiger partial charge in [0.05, 0.1) is 5.56 Å². The van der Waals surface area contributed by atoms with E-state index >= 15 is 0 Å². The Balaban J connectivity index is 0.00000180. The van der Waals surface area contributed by atoms with E-state index in [1.807, 2.05) is 7.05 Å². The smallest absolute Gasteiger partial charge is 0.256 e. The van der Waals surface area contributed by atoms with Gasteiger partial charge in [0.15, 0.2) is 0 Å². The molecule has 1 aliphatic rings. The number of carbonyl (C=O) groups is 1. The fourth-order valence-electron chi connectivity index (χ4n) is 2.23. The van der Waals surface area contributed by atoms with Gasteiger partial charge in [-0.1, -0.05) is 11.6 Å². The minimum atomic E-state index is -0.556. The van der Waals surface area contributed by atoms with Crippen LogP contribution in [-0.4, -0.2) is 37.0 Å². The summed E-state index contributed by atoms with van der Waals surface area (Å²) in [6, 6.07) is 4.45. The predicted octanol–water partition coefficient (Wildman–Crippen LogP) is 2.72. The number of likely N-dealkylation sites (N-methyl/N-ethyl adjacent to an activating group) is 1. The first-order chi connectivity index (χ1) is 8.61. The van der Waals surface area contributed by atoms with Crippen molar-refractivity contribution in [3.8, 4) is 0 Å². The minimum Gasteiger partial charge on any atom is -0.337 e. The van der Waals surface area contributed by atoms with Crippen molar-refractivity contribution in [2.75, 3.05) is 20.1 Å². The molecule has 3 nitrogen and oxygen atoms in total. The van der Waals surface area contributed by atoms with Crippen molar-refractivity contribution < 1.29 is 9.18 Å². The van der Waals surface area contributed by atoms with Crippen LogP contribution in [0.15, 0.2) is 18.2 Å². The van der Waals surface area contributed by atoms with Crippen LogP contribution in [0.3, 0.4) is 0 Å². The minimum absolute atomic E-state index is 0. The molecule has 106 valence electrons. The van der Waals surface area contributed by atoms with Gasteiger partial charge in [-0.3, -0.25) is 4.79 Å². The third-order valence-corrected chi connectivity index (χ3v) is 3.51. The van der Waals surface area contributed by atoms with Crippen LogP contribution in [0.25, 0.3) is 0 Å². The molecular formula is C13H17Cl2FN2O. The third kappa shape index (κ3) is 3.81. The molecule has 19 heavy (non-hydrogen) atoms. The van der Waals surface area contributed by atoms with E-state index in [0.29, 0.717) is 18.1 Å². The number of nitrogens with one attached hydrogen (secondary N) is 1. The van der Waals surface area contributed by atoms with Gasteiger partial charge < -0.3 is 10.2 Å². The molecule has 1 unspecified atom stereocenters. The molecule has 0 bridgehead atoms. The number of benzene rings is 1. The van der Waals surface area contributed by atoms with Gasteiger partial charge in [0.25, 0.3) is 5.91 Å². The number of piperidine rings is 1. The highest BCUT2D eigenvalue weighted by molar-refractivity contribution is 6.30. The summed E-state index contributed by atoms with van der Waals surface area (Å²) in [6.45, 7) is 1.30. The number of hydrogen-bond donors (Lipinski definition) is 1. The Bertz CT molecular complexity index is 456. The quantitative estimate of drug-likeness (QED) is 0.911. The lowest BCUT2D eigenvalue weighted by molar-refractivity contribution is 0.0693. The van der Waals surface area contributed by atoms with Gasteiger partial charge >= 0.3 is 0 Å². The van der Waals surface area contributed by atoms with Gasteiger partial charge in [0, 0.05) is 24.2 Å². The summed E-state index contributed by atoms with van der Waals surface area (Å²) in [6.07, 6.45) is 1.98. The maximum absolute atomic E-state index is 13.7. The van der Waals surface area contributed by atoms with Crippen LogP contribution in [0.2, 0.25) is 5.02 Å². The van der Waals surface area contributed by atoms with Crippen molar-refractivity contribution in [2.45, 2.75) is 18.9 Å². The molecule has 1 amide bonds. The van der Waals surface area contributed by atoms with E-state index in [4.69, 9.17) is 11.6 Å². The van der Waals surface area contributed by atoms with E-state index in [9.17, 15) is 9.18 Å². The molecule has 1 N–H and O–H groups in total. The summed E-state index contributed by atoms with van der Waals surface area (Å²) in [5, 5.41) is 3.46. The van der Waals surface area contributed by atoms with E-state index in [1.54, 1.807) is 4.90 Å². The molecule has 0 radical (unpaired) electrons. The monoisotopic (exact) mass is 306 g/mol. The van der Waals surface area contributed by atoms with E-state index in [2.05, 4.69) is 5.32 Å². The van der Waals surface area contributed by atoms with Crippen LogP contribution in [0, 0.1) is 5.82 Å². The maximum atomic E-state index is 13.7. The zero-order valence-corrected chi connectivity index (χ0v) is 12.2. The van der Waals surface area contributed by atoms with Gasteiger partial charge in [-0.05, 0) is 38.1 Å². The molecule has 0 aromatic heterocycles. The molecule has 0 saturated carbocycles. The SMILES string of the molecule is CNC1CCCN(C(=O)c2ccc(Cl)cc2F)C1.Cl. The standard InChI is InChI=1S/C13H16ClFN2O.ClH/c1-16-10-3-2-6-17(8-10)13(18)11-5-4-9(14)7-12(11)15;/h4-5,7,10,16H,2-3,6,8H2,1H3;1H. The van der Waals surface area contributed by atoms with Gasteiger partial charge in [-0.15, -0.1) is 12.4 Å². The van der Waals surface area contributed by atoms with E-state index in [-0.39, 0.29) is 29.9 Å². The lowest BCUT2D eigenvalue weighted by atomic mass is 10.0. The lowest BCUT2D eigenvalue weighted by Crippen LogP contribution is -2.47. The number of amides is 1. The fraction of sp³-hybridized carbons (Fsp3) is 0.462. The molecule has 1 aliphatic heterocycles. The number of halogens is 3. The van der Waals surface area contributed by atoms with Gasteiger partial charge in [-0.2, -0.15) is 0 Å². The van der Waals surface area contributed by atoms with Crippen molar-refractivity contribution in [2.24, 2.45) is 0 Å². The first kappa shape index (κ1) is 16.2. The van der Waals surface area contributed by atoms with Crippen LogP contribution in [0.1, 0.15) is 23.2 Å². The van der Waals surface area contributed by atoms with Gasteiger partial charge in [0.1, 0.15) is 5.82 Å². The second kappa shape index (κ2) is 7.08.